The van der Waals surface area contributed by atoms with Crippen LogP contribution in [0.3, 0.4) is 0 Å². The molecule has 2 aromatic carbocycles. The number of halogens is 2. The summed E-state index contributed by atoms with van der Waals surface area (Å²) < 4.78 is 5.44. The van der Waals surface area contributed by atoms with E-state index in [9.17, 15) is 0 Å². The molecule has 2 aromatic rings. The summed E-state index contributed by atoms with van der Waals surface area (Å²) in [5, 5.41) is 4.18. The summed E-state index contributed by atoms with van der Waals surface area (Å²) in [7, 11) is 0. The SMILES string of the molecule is C=CCOc1ccc(CNCc2ccccc2Cl)cc1.Cl. The number of benzene rings is 2. The van der Waals surface area contributed by atoms with Crippen molar-refractivity contribution in [3.63, 3.8) is 0 Å². The molecule has 0 amide bonds. The van der Waals surface area contributed by atoms with E-state index < -0.39 is 0 Å². The van der Waals surface area contributed by atoms with Gasteiger partial charge in [-0.1, -0.05) is 54.6 Å². The van der Waals surface area contributed by atoms with Crippen LogP contribution in [0.5, 0.6) is 5.75 Å². The third-order valence-corrected chi connectivity index (χ3v) is 3.26. The van der Waals surface area contributed by atoms with Crippen LogP contribution < -0.4 is 10.1 Å². The Morgan fingerprint density at radius 1 is 1.05 bits per heavy atom. The first-order valence-corrected chi connectivity index (χ1v) is 6.94. The van der Waals surface area contributed by atoms with Gasteiger partial charge in [0.15, 0.2) is 0 Å². The molecule has 0 saturated heterocycles. The fraction of sp³-hybridized carbons (Fsp3) is 0.176. The number of hydrogen-bond acceptors (Lipinski definition) is 2. The van der Waals surface area contributed by atoms with E-state index in [4.69, 9.17) is 16.3 Å². The van der Waals surface area contributed by atoms with Gasteiger partial charge < -0.3 is 10.1 Å². The molecule has 21 heavy (non-hydrogen) atoms. The molecule has 0 atom stereocenters. The maximum Gasteiger partial charge on any atom is 0.119 e. The Hall–Kier alpha value is -1.48. The molecule has 0 aliphatic heterocycles. The number of hydrogen-bond donors (Lipinski definition) is 1. The number of ether oxygens (including phenoxy) is 1. The standard InChI is InChI=1S/C17H18ClNO.ClH/c1-2-11-20-16-9-7-14(8-10-16)12-19-13-15-5-3-4-6-17(15)18;/h2-10,19H,1,11-13H2;1H. The Balaban J connectivity index is 0.00000220. The van der Waals surface area contributed by atoms with Gasteiger partial charge in [-0.2, -0.15) is 0 Å². The van der Waals surface area contributed by atoms with Gasteiger partial charge in [-0.15, -0.1) is 12.4 Å². The molecule has 2 nitrogen and oxygen atoms in total. The Bertz CT molecular complexity index is 555. The van der Waals surface area contributed by atoms with Crippen molar-refractivity contribution in [2.24, 2.45) is 0 Å². The Kier molecular flexibility index (Phi) is 7.91. The molecule has 0 unspecified atom stereocenters. The van der Waals surface area contributed by atoms with Crippen LogP contribution in [0.2, 0.25) is 5.02 Å². The molecule has 0 bridgehead atoms. The Labute approximate surface area is 137 Å². The van der Waals surface area contributed by atoms with Gasteiger partial charge in [0.25, 0.3) is 0 Å². The highest BCUT2D eigenvalue weighted by Gasteiger charge is 1.99. The van der Waals surface area contributed by atoms with Crippen molar-refractivity contribution in [3.8, 4) is 5.75 Å². The average molecular weight is 324 g/mol. The van der Waals surface area contributed by atoms with Crippen molar-refractivity contribution in [2.45, 2.75) is 13.1 Å². The van der Waals surface area contributed by atoms with Crippen LogP contribution >= 0.6 is 24.0 Å². The van der Waals surface area contributed by atoms with Gasteiger partial charge in [-0.25, -0.2) is 0 Å². The molecule has 0 aliphatic carbocycles. The van der Waals surface area contributed by atoms with Gasteiger partial charge in [0, 0.05) is 18.1 Å². The van der Waals surface area contributed by atoms with Crippen LogP contribution in [-0.2, 0) is 13.1 Å². The predicted molar refractivity (Wildman–Crippen MR) is 91.4 cm³/mol. The van der Waals surface area contributed by atoms with Crippen molar-refractivity contribution in [1.82, 2.24) is 5.32 Å². The average Bonchev–Trinajstić information content (AvgIpc) is 2.48. The van der Waals surface area contributed by atoms with Crippen LogP contribution in [0.4, 0.5) is 0 Å². The zero-order chi connectivity index (χ0) is 14.2. The molecule has 0 fully saturated rings. The quantitative estimate of drug-likeness (QED) is 0.751. The molecule has 2 rings (SSSR count). The van der Waals surface area contributed by atoms with E-state index in [1.54, 1.807) is 6.08 Å². The highest BCUT2D eigenvalue weighted by atomic mass is 35.5. The van der Waals surface area contributed by atoms with Crippen molar-refractivity contribution >= 4 is 24.0 Å². The topological polar surface area (TPSA) is 21.3 Å². The number of rotatable bonds is 7. The van der Waals surface area contributed by atoms with Gasteiger partial charge >= 0.3 is 0 Å². The second kappa shape index (κ2) is 9.46. The van der Waals surface area contributed by atoms with Crippen LogP contribution in [0.1, 0.15) is 11.1 Å². The maximum absolute atomic E-state index is 6.11. The van der Waals surface area contributed by atoms with Crippen LogP contribution in [-0.4, -0.2) is 6.61 Å². The lowest BCUT2D eigenvalue weighted by atomic mass is 10.2. The maximum atomic E-state index is 6.11. The van der Waals surface area contributed by atoms with Crippen LogP contribution in [0.15, 0.2) is 61.2 Å². The van der Waals surface area contributed by atoms with E-state index in [1.807, 2.05) is 36.4 Å². The van der Waals surface area contributed by atoms with Crippen molar-refractivity contribution in [3.05, 3.63) is 77.3 Å². The van der Waals surface area contributed by atoms with E-state index in [-0.39, 0.29) is 12.4 Å². The smallest absolute Gasteiger partial charge is 0.119 e. The largest absolute Gasteiger partial charge is 0.490 e. The predicted octanol–water partition coefficient (Wildman–Crippen LogP) is 4.62. The lowest BCUT2D eigenvalue weighted by Gasteiger charge is -2.08. The first-order chi connectivity index (χ1) is 9.79. The molecule has 0 heterocycles. The molecule has 0 aliphatic rings. The zero-order valence-corrected chi connectivity index (χ0v) is 13.3. The summed E-state index contributed by atoms with van der Waals surface area (Å²) >= 11 is 6.11. The molecule has 0 spiro atoms. The summed E-state index contributed by atoms with van der Waals surface area (Å²) in [4.78, 5) is 0. The first-order valence-electron chi connectivity index (χ1n) is 6.56. The monoisotopic (exact) mass is 323 g/mol. The fourth-order valence-corrected chi connectivity index (χ4v) is 2.04. The fourth-order valence-electron chi connectivity index (χ4n) is 1.84. The van der Waals surface area contributed by atoms with Gasteiger partial charge in [-0.05, 0) is 29.3 Å². The molecule has 1 N–H and O–H groups in total. The molecule has 0 aromatic heterocycles. The second-order valence-corrected chi connectivity index (χ2v) is 4.85. The van der Waals surface area contributed by atoms with Gasteiger partial charge in [0.2, 0.25) is 0 Å². The van der Waals surface area contributed by atoms with Gasteiger partial charge in [0.1, 0.15) is 12.4 Å². The first kappa shape index (κ1) is 17.6. The third kappa shape index (κ3) is 5.80. The second-order valence-electron chi connectivity index (χ2n) is 4.44. The van der Waals surface area contributed by atoms with E-state index in [0.29, 0.717) is 6.61 Å². The Morgan fingerprint density at radius 2 is 1.76 bits per heavy atom. The van der Waals surface area contributed by atoms with Crippen LogP contribution in [0.25, 0.3) is 0 Å². The van der Waals surface area contributed by atoms with E-state index in [1.165, 1.54) is 5.56 Å². The molecule has 4 heteroatoms. The summed E-state index contributed by atoms with van der Waals surface area (Å²) in [6.45, 7) is 5.71. The van der Waals surface area contributed by atoms with E-state index in [0.717, 1.165) is 29.4 Å². The highest BCUT2D eigenvalue weighted by molar-refractivity contribution is 6.31. The summed E-state index contributed by atoms with van der Waals surface area (Å²) in [6, 6.07) is 15.9. The summed E-state index contributed by atoms with van der Waals surface area (Å²) in [5.41, 5.74) is 2.32. The minimum absolute atomic E-state index is 0. The third-order valence-electron chi connectivity index (χ3n) is 2.89. The molecule has 0 radical (unpaired) electrons. The van der Waals surface area contributed by atoms with Crippen LogP contribution in [0, 0.1) is 0 Å². The lowest BCUT2D eigenvalue weighted by molar-refractivity contribution is 0.363. The highest BCUT2D eigenvalue weighted by Crippen LogP contribution is 2.15. The summed E-state index contributed by atoms with van der Waals surface area (Å²) in [5.74, 6) is 0.861. The van der Waals surface area contributed by atoms with E-state index >= 15 is 0 Å². The zero-order valence-electron chi connectivity index (χ0n) is 11.7. The minimum atomic E-state index is 0. The van der Waals surface area contributed by atoms with E-state index in [2.05, 4.69) is 24.0 Å². The van der Waals surface area contributed by atoms with Gasteiger partial charge in [0.05, 0.1) is 0 Å². The van der Waals surface area contributed by atoms with Crippen molar-refractivity contribution < 1.29 is 4.74 Å². The summed E-state index contributed by atoms with van der Waals surface area (Å²) in [6.07, 6.45) is 1.74. The minimum Gasteiger partial charge on any atom is -0.490 e. The molecule has 0 saturated carbocycles. The lowest BCUT2D eigenvalue weighted by Crippen LogP contribution is -2.12. The van der Waals surface area contributed by atoms with Crippen molar-refractivity contribution in [2.75, 3.05) is 6.61 Å². The Morgan fingerprint density at radius 3 is 2.43 bits per heavy atom. The van der Waals surface area contributed by atoms with Gasteiger partial charge in [-0.3, -0.25) is 0 Å². The van der Waals surface area contributed by atoms with Crippen molar-refractivity contribution in [1.29, 1.82) is 0 Å². The normalized spacial score (nSPS) is 9.76. The molecular formula is C17H19Cl2NO. The molecule has 112 valence electrons. The molecular weight excluding hydrogens is 305 g/mol. The number of nitrogens with one attached hydrogen (secondary N) is 1.